The van der Waals surface area contributed by atoms with Crippen molar-refractivity contribution in [1.82, 2.24) is 5.32 Å². The Kier molecular flexibility index (Phi) is 6.56. The van der Waals surface area contributed by atoms with Crippen molar-refractivity contribution in [3.8, 4) is 5.75 Å². The van der Waals surface area contributed by atoms with Crippen LogP contribution in [0.2, 0.25) is 0 Å². The Morgan fingerprint density at radius 2 is 1.95 bits per heavy atom. The first-order chi connectivity index (χ1) is 9.54. The highest BCUT2D eigenvalue weighted by Gasteiger charge is 2.10. The molecule has 20 heavy (non-hydrogen) atoms. The molecule has 1 amide bonds. The van der Waals surface area contributed by atoms with Crippen LogP contribution >= 0.6 is 0 Å². The quantitative estimate of drug-likeness (QED) is 0.774. The van der Waals surface area contributed by atoms with Gasteiger partial charge in [0.1, 0.15) is 12.3 Å². The molecule has 0 fully saturated rings. The lowest BCUT2D eigenvalue weighted by molar-refractivity contribution is -0.143. The zero-order chi connectivity index (χ0) is 15.0. The van der Waals surface area contributed by atoms with Gasteiger partial charge in [-0.05, 0) is 24.5 Å². The van der Waals surface area contributed by atoms with Crippen LogP contribution in [0, 0.1) is 0 Å². The van der Waals surface area contributed by atoms with Gasteiger partial charge in [-0.25, -0.2) is 0 Å². The van der Waals surface area contributed by atoms with Gasteiger partial charge in [-0.2, -0.15) is 0 Å². The third kappa shape index (κ3) is 5.30. The summed E-state index contributed by atoms with van der Waals surface area (Å²) in [5.41, 5.74) is 1.05. The highest BCUT2D eigenvalue weighted by atomic mass is 16.5. The molecular weight excluding hydrogens is 258 g/mol. The van der Waals surface area contributed by atoms with Crippen LogP contribution in [0.25, 0.3) is 0 Å². The fraction of sp³-hybridized carbons (Fsp3) is 0.467. The minimum atomic E-state index is -0.455. The number of benzene rings is 1. The summed E-state index contributed by atoms with van der Waals surface area (Å²) in [7, 11) is 0. The van der Waals surface area contributed by atoms with Crippen LogP contribution in [-0.2, 0) is 14.3 Å². The lowest BCUT2D eigenvalue weighted by Crippen LogP contribution is -2.34. The zero-order valence-corrected chi connectivity index (χ0v) is 12.1. The number of ether oxygens (including phenoxy) is 2. The molecule has 0 aliphatic rings. The topological polar surface area (TPSA) is 64.6 Å². The van der Waals surface area contributed by atoms with Crippen LogP contribution in [0.5, 0.6) is 5.75 Å². The summed E-state index contributed by atoms with van der Waals surface area (Å²) in [6.07, 6.45) is 0. The van der Waals surface area contributed by atoms with E-state index in [2.05, 4.69) is 19.2 Å². The average molecular weight is 279 g/mol. The summed E-state index contributed by atoms with van der Waals surface area (Å²) in [6.45, 7) is 5.87. The number of carbonyl (C=O) groups excluding carboxylic acids is 2. The summed E-state index contributed by atoms with van der Waals surface area (Å²) in [5, 5.41) is 2.45. The summed E-state index contributed by atoms with van der Waals surface area (Å²) >= 11 is 0. The number of nitrogens with one attached hydrogen (secondary N) is 1. The molecule has 1 aromatic rings. The number of rotatable bonds is 7. The standard InChI is InChI=1S/C15H21NO4/c1-4-19-15(18)9-16-14(17)10-20-13-8-6-5-7-12(13)11(2)3/h5-8,11H,4,9-10H2,1-3H3,(H,16,17). The van der Waals surface area contributed by atoms with Crippen LogP contribution in [-0.4, -0.2) is 31.6 Å². The van der Waals surface area contributed by atoms with Crippen molar-refractivity contribution in [1.29, 1.82) is 0 Å². The predicted molar refractivity (Wildman–Crippen MR) is 75.7 cm³/mol. The molecule has 5 nitrogen and oxygen atoms in total. The fourth-order valence-corrected chi connectivity index (χ4v) is 1.67. The molecule has 1 N–H and O–H groups in total. The Morgan fingerprint density at radius 1 is 1.25 bits per heavy atom. The molecule has 5 heteroatoms. The molecule has 1 rings (SSSR count). The van der Waals surface area contributed by atoms with E-state index in [0.29, 0.717) is 18.3 Å². The highest BCUT2D eigenvalue weighted by molar-refractivity contribution is 5.82. The smallest absolute Gasteiger partial charge is 0.325 e. The molecule has 0 saturated heterocycles. The van der Waals surface area contributed by atoms with E-state index in [1.54, 1.807) is 6.92 Å². The molecule has 1 aromatic carbocycles. The van der Waals surface area contributed by atoms with Crippen LogP contribution in [0.15, 0.2) is 24.3 Å². The highest BCUT2D eigenvalue weighted by Crippen LogP contribution is 2.25. The number of para-hydroxylation sites is 1. The maximum absolute atomic E-state index is 11.6. The normalized spacial score (nSPS) is 10.2. The van der Waals surface area contributed by atoms with E-state index < -0.39 is 5.97 Å². The second-order valence-corrected chi connectivity index (χ2v) is 4.56. The SMILES string of the molecule is CCOC(=O)CNC(=O)COc1ccccc1C(C)C. The fourth-order valence-electron chi connectivity index (χ4n) is 1.67. The van der Waals surface area contributed by atoms with Crippen molar-refractivity contribution in [3.05, 3.63) is 29.8 Å². The molecule has 0 bridgehead atoms. The third-order valence-electron chi connectivity index (χ3n) is 2.64. The van der Waals surface area contributed by atoms with E-state index in [1.807, 2.05) is 24.3 Å². The van der Waals surface area contributed by atoms with Gasteiger partial charge in [0, 0.05) is 0 Å². The molecule has 0 saturated carbocycles. The molecule has 0 aliphatic carbocycles. The predicted octanol–water partition coefficient (Wildman–Crippen LogP) is 1.87. The number of hydrogen-bond acceptors (Lipinski definition) is 4. The molecule has 0 aliphatic heterocycles. The summed E-state index contributed by atoms with van der Waals surface area (Å²) in [4.78, 5) is 22.6. The lowest BCUT2D eigenvalue weighted by atomic mass is 10.0. The van der Waals surface area contributed by atoms with Crippen molar-refractivity contribution in [2.45, 2.75) is 26.7 Å². The van der Waals surface area contributed by atoms with Gasteiger partial charge in [-0.3, -0.25) is 9.59 Å². The van der Waals surface area contributed by atoms with Crippen molar-refractivity contribution in [2.75, 3.05) is 19.8 Å². The monoisotopic (exact) mass is 279 g/mol. The molecule has 110 valence electrons. The van der Waals surface area contributed by atoms with Gasteiger partial charge in [0.25, 0.3) is 5.91 Å². The van der Waals surface area contributed by atoms with Crippen LogP contribution in [0.4, 0.5) is 0 Å². The van der Waals surface area contributed by atoms with Crippen LogP contribution < -0.4 is 10.1 Å². The van der Waals surface area contributed by atoms with Gasteiger partial charge in [0.05, 0.1) is 6.61 Å². The maximum Gasteiger partial charge on any atom is 0.325 e. The van der Waals surface area contributed by atoms with E-state index in [4.69, 9.17) is 9.47 Å². The minimum Gasteiger partial charge on any atom is -0.483 e. The second kappa shape index (κ2) is 8.19. The van der Waals surface area contributed by atoms with Crippen molar-refractivity contribution in [2.24, 2.45) is 0 Å². The number of hydrogen-bond donors (Lipinski definition) is 1. The summed E-state index contributed by atoms with van der Waals surface area (Å²) in [5.74, 6) is 0.197. The molecule has 0 aromatic heterocycles. The third-order valence-corrected chi connectivity index (χ3v) is 2.64. The molecule has 0 unspecified atom stereocenters. The van der Waals surface area contributed by atoms with Gasteiger partial charge < -0.3 is 14.8 Å². The van der Waals surface area contributed by atoms with Crippen molar-refractivity contribution >= 4 is 11.9 Å². The van der Waals surface area contributed by atoms with E-state index in [1.165, 1.54) is 0 Å². The van der Waals surface area contributed by atoms with Gasteiger partial charge >= 0.3 is 5.97 Å². The van der Waals surface area contributed by atoms with E-state index >= 15 is 0 Å². The summed E-state index contributed by atoms with van der Waals surface area (Å²) < 4.78 is 10.2. The number of carbonyl (C=O) groups is 2. The van der Waals surface area contributed by atoms with E-state index in [-0.39, 0.29) is 19.1 Å². The van der Waals surface area contributed by atoms with Gasteiger partial charge in [-0.15, -0.1) is 0 Å². The second-order valence-electron chi connectivity index (χ2n) is 4.56. The molecule has 0 heterocycles. The Hall–Kier alpha value is -2.04. The first-order valence-corrected chi connectivity index (χ1v) is 6.68. The summed E-state index contributed by atoms with van der Waals surface area (Å²) in [6, 6.07) is 7.59. The van der Waals surface area contributed by atoms with Gasteiger partial charge in [-0.1, -0.05) is 32.0 Å². The maximum atomic E-state index is 11.6. The zero-order valence-electron chi connectivity index (χ0n) is 12.1. The van der Waals surface area contributed by atoms with Gasteiger partial charge in [0.2, 0.25) is 0 Å². The van der Waals surface area contributed by atoms with Crippen molar-refractivity contribution in [3.63, 3.8) is 0 Å². The Morgan fingerprint density at radius 3 is 2.60 bits per heavy atom. The largest absolute Gasteiger partial charge is 0.483 e. The van der Waals surface area contributed by atoms with Gasteiger partial charge in [0.15, 0.2) is 6.61 Å². The first kappa shape index (κ1) is 16.0. The van der Waals surface area contributed by atoms with Crippen LogP contribution in [0.3, 0.4) is 0 Å². The first-order valence-electron chi connectivity index (χ1n) is 6.68. The molecule has 0 spiro atoms. The number of amides is 1. The Bertz CT molecular complexity index is 457. The lowest BCUT2D eigenvalue weighted by Gasteiger charge is -2.13. The Labute approximate surface area is 119 Å². The van der Waals surface area contributed by atoms with Crippen LogP contribution in [0.1, 0.15) is 32.3 Å². The minimum absolute atomic E-state index is 0.122. The number of esters is 1. The molecule has 0 radical (unpaired) electrons. The van der Waals surface area contributed by atoms with E-state index in [0.717, 1.165) is 5.56 Å². The van der Waals surface area contributed by atoms with E-state index in [9.17, 15) is 9.59 Å². The molecular formula is C15H21NO4. The Balaban J connectivity index is 2.43. The molecule has 0 atom stereocenters. The van der Waals surface area contributed by atoms with Crippen molar-refractivity contribution < 1.29 is 19.1 Å². The average Bonchev–Trinajstić information content (AvgIpc) is 2.43.